The van der Waals surface area contributed by atoms with Gasteiger partial charge in [-0.15, -0.1) is 0 Å². The molecule has 1 atom stereocenters. The number of β-amino-alcohol motifs (C(OH)–C–C–N with tert-alkyl or cyclic N) is 1. The smallest absolute Gasteiger partial charge is 0.255 e. The zero-order valence-corrected chi connectivity index (χ0v) is 16.6. The molecule has 0 saturated carbocycles. The summed E-state index contributed by atoms with van der Waals surface area (Å²) in [6, 6.07) is 1.97. The van der Waals surface area contributed by atoms with Crippen LogP contribution >= 0.6 is 0 Å². The van der Waals surface area contributed by atoms with Crippen molar-refractivity contribution in [3.05, 3.63) is 17.5 Å². The lowest BCUT2D eigenvalue weighted by Gasteiger charge is -2.43. The van der Waals surface area contributed by atoms with Gasteiger partial charge in [-0.2, -0.15) is 0 Å². The van der Waals surface area contributed by atoms with Crippen molar-refractivity contribution in [1.29, 1.82) is 0 Å². The van der Waals surface area contributed by atoms with Gasteiger partial charge >= 0.3 is 0 Å². The Hall–Kier alpha value is -1.77. The average molecular weight is 377 g/mol. The fourth-order valence-corrected chi connectivity index (χ4v) is 3.95. The Morgan fingerprint density at radius 2 is 1.81 bits per heavy atom. The zero-order valence-electron chi connectivity index (χ0n) is 16.6. The Morgan fingerprint density at radius 1 is 1.15 bits per heavy atom. The maximum absolute atomic E-state index is 12.8. The fraction of sp³-hybridized carbons (Fsp3) is 0.737. The number of hydrogen-bond acceptors (Lipinski definition) is 7. The molecule has 2 aliphatic rings. The number of rotatable bonds is 6. The highest BCUT2D eigenvalue weighted by molar-refractivity contribution is 5.86. The minimum atomic E-state index is -1.29. The number of carbonyl (C=O) groups excluding carboxylic acids is 1. The molecule has 2 saturated heterocycles. The number of amides is 1. The van der Waals surface area contributed by atoms with Gasteiger partial charge in [0.1, 0.15) is 0 Å². The van der Waals surface area contributed by atoms with Gasteiger partial charge in [-0.1, -0.05) is 0 Å². The van der Waals surface area contributed by atoms with Crippen LogP contribution in [-0.4, -0.2) is 95.9 Å². The van der Waals surface area contributed by atoms with Crippen LogP contribution in [0, 0.1) is 13.8 Å². The van der Waals surface area contributed by atoms with E-state index in [0.717, 1.165) is 49.9 Å². The van der Waals surface area contributed by atoms with Crippen LogP contribution in [-0.2, 0) is 9.53 Å². The van der Waals surface area contributed by atoms with E-state index in [1.165, 1.54) is 0 Å². The Bertz CT molecular complexity index is 642. The number of anilines is 1. The van der Waals surface area contributed by atoms with Crippen LogP contribution in [0.25, 0.3) is 0 Å². The second-order valence-corrected chi connectivity index (χ2v) is 7.63. The average Bonchev–Trinajstić information content (AvgIpc) is 2.63. The van der Waals surface area contributed by atoms with E-state index >= 15 is 0 Å². The Morgan fingerprint density at radius 3 is 2.44 bits per heavy atom. The summed E-state index contributed by atoms with van der Waals surface area (Å²) in [4.78, 5) is 27.9. The summed E-state index contributed by atoms with van der Waals surface area (Å²) in [7, 11) is 1.62. The first-order valence-electron chi connectivity index (χ1n) is 9.71. The first-order chi connectivity index (χ1) is 12.9. The number of carbonyl (C=O) groups is 1. The van der Waals surface area contributed by atoms with Gasteiger partial charge in [0.05, 0.1) is 6.61 Å². The first-order valence-corrected chi connectivity index (χ1v) is 9.71. The largest absolute Gasteiger partial charge is 0.383 e. The van der Waals surface area contributed by atoms with Crippen LogP contribution in [0.1, 0.15) is 24.2 Å². The van der Waals surface area contributed by atoms with Crippen LogP contribution in [0.3, 0.4) is 0 Å². The molecule has 2 aliphatic heterocycles. The Labute approximate surface area is 161 Å². The maximum Gasteiger partial charge on any atom is 0.255 e. The molecule has 0 spiro atoms. The highest BCUT2D eigenvalue weighted by Crippen LogP contribution is 2.25. The lowest BCUT2D eigenvalue weighted by Crippen LogP contribution is -2.61. The van der Waals surface area contributed by atoms with E-state index in [2.05, 4.69) is 19.8 Å². The number of nitrogens with zero attached hydrogens (tertiary/aromatic N) is 5. The molecule has 0 aromatic carbocycles. The molecular formula is C19H31N5O3. The van der Waals surface area contributed by atoms with Crippen molar-refractivity contribution in [1.82, 2.24) is 19.8 Å². The monoisotopic (exact) mass is 377 g/mol. The van der Waals surface area contributed by atoms with Gasteiger partial charge in [0.2, 0.25) is 5.95 Å². The number of piperidine rings is 1. The maximum atomic E-state index is 12.8. The molecule has 3 heterocycles. The molecule has 1 amide bonds. The third-order valence-corrected chi connectivity index (χ3v) is 5.38. The molecule has 2 fully saturated rings. The summed E-state index contributed by atoms with van der Waals surface area (Å²) >= 11 is 0. The van der Waals surface area contributed by atoms with Gasteiger partial charge in [0, 0.05) is 64.3 Å². The SMILES string of the molecule is COCCN1CCC[C@@](O)(CN2CCN(c3nc(C)cc(C)n3)CC2)C1=O. The second kappa shape index (κ2) is 8.50. The third-order valence-electron chi connectivity index (χ3n) is 5.38. The van der Waals surface area contributed by atoms with E-state index in [1.54, 1.807) is 12.0 Å². The molecule has 8 nitrogen and oxygen atoms in total. The van der Waals surface area contributed by atoms with Crippen LogP contribution in [0.15, 0.2) is 6.07 Å². The molecule has 8 heteroatoms. The number of piperazine rings is 1. The summed E-state index contributed by atoms with van der Waals surface area (Å²) in [6.07, 6.45) is 1.35. The van der Waals surface area contributed by atoms with Gasteiger partial charge in [-0.25, -0.2) is 9.97 Å². The molecule has 0 unspecified atom stereocenters. The summed E-state index contributed by atoms with van der Waals surface area (Å²) in [6.45, 7) is 9.22. The third kappa shape index (κ3) is 4.75. The van der Waals surface area contributed by atoms with E-state index < -0.39 is 5.60 Å². The summed E-state index contributed by atoms with van der Waals surface area (Å²) < 4.78 is 5.08. The minimum Gasteiger partial charge on any atom is -0.383 e. The zero-order chi connectivity index (χ0) is 19.4. The van der Waals surface area contributed by atoms with Crippen LogP contribution < -0.4 is 4.90 Å². The van der Waals surface area contributed by atoms with E-state index in [0.29, 0.717) is 32.7 Å². The molecule has 0 bridgehead atoms. The highest BCUT2D eigenvalue weighted by Gasteiger charge is 2.43. The van der Waals surface area contributed by atoms with Crippen molar-refractivity contribution in [3.8, 4) is 0 Å². The highest BCUT2D eigenvalue weighted by atomic mass is 16.5. The van der Waals surface area contributed by atoms with E-state index in [1.807, 2.05) is 19.9 Å². The fourth-order valence-electron chi connectivity index (χ4n) is 3.95. The van der Waals surface area contributed by atoms with Gasteiger partial charge in [-0.05, 0) is 32.8 Å². The number of likely N-dealkylation sites (tertiary alicyclic amines) is 1. The Balaban J connectivity index is 1.57. The van der Waals surface area contributed by atoms with Crippen molar-refractivity contribution in [2.24, 2.45) is 0 Å². The standard InChI is InChI=1S/C19H31N5O3/c1-15-13-16(2)21-18(20-15)24-9-7-22(8-10-24)14-19(26)5-4-6-23(17(19)25)11-12-27-3/h13,26H,4-12,14H2,1-3H3/t19-/m1/s1. The Kier molecular flexibility index (Phi) is 6.29. The van der Waals surface area contributed by atoms with Crippen molar-refractivity contribution < 1.29 is 14.6 Å². The summed E-state index contributed by atoms with van der Waals surface area (Å²) in [5, 5.41) is 11.0. The van der Waals surface area contributed by atoms with E-state index in [-0.39, 0.29) is 5.91 Å². The lowest BCUT2D eigenvalue weighted by molar-refractivity contribution is -0.160. The van der Waals surface area contributed by atoms with Crippen molar-refractivity contribution in [3.63, 3.8) is 0 Å². The van der Waals surface area contributed by atoms with Gasteiger partial charge in [0.25, 0.3) is 5.91 Å². The predicted molar refractivity (Wildman–Crippen MR) is 103 cm³/mol. The molecule has 1 aromatic rings. The van der Waals surface area contributed by atoms with Crippen LogP contribution in [0.4, 0.5) is 5.95 Å². The summed E-state index contributed by atoms with van der Waals surface area (Å²) in [5.41, 5.74) is 0.654. The number of aromatic nitrogens is 2. The number of ether oxygens (including phenoxy) is 1. The van der Waals surface area contributed by atoms with Crippen molar-refractivity contribution >= 4 is 11.9 Å². The van der Waals surface area contributed by atoms with Crippen molar-refractivity contribution in [2.45, 2.75) is 32.3 Å². The topological polar surface area (TPSA) is 82.0 Å². The number of methoxy groups -OCH3 is 1. The van der Waals surface area contributed by atoms with Gasteiger partial charge in [0.15, 0.2) is 5.60 Å². The number of aryl methyl sites for hydroxylation is 2. The molecule has 150 valence electrons. The summed E-state index contributed by atoms with van der Waals surface area (Å²) in [5.74, 6) is 0.608. The van der Waals surface area contributed by atoms with E-state index in [4.69, 9.17) is 4.74 Å². The molecule has 1 aromatic heterocycles. The molecule has 1 N–H and O–H groups in total. The van der Waals surface area contributed by atoms with Gasteiger partial charge in [-0.3, -0.25) is 9.69 Å². The number of aliphatic hydroxyl groups is 1. The predicted octanol–water partition coefficient (Wildman–Crippen LogP) is 0.215. The molecule has 0 radical (unpaired) electrons. The molecular weight excluding hydrogens is 346 g/mol. The lowest BCUT2D eigenvalue weighted by atomic mass is 9.91. The van der Waals surface area contributed by atoms with Crippen LogP contribution in [0.2, 0.25) is 0 Å². The second-order valence-electron chi connectivity index (χ2n) is 7.63. The molecule has 0 aliphatic carbocycles. The molecule has 3 rings (SSSR count). The minimum absolute atomic E-state index is 0.161. The first kappa shape index (κ1) is 20.0. The number of hydrogen-bond donors (Lipinski definition) is 1. The quantitative estimate of drug-likeness (QED) is 0.759. The van der Waals surface area contributed by atoms with E-state index in [9.17, 15) is 9.90 Å². The van der Waals surface area contributed by atoms with Crippen LogP contribution in [0.5, 0.6) is 0 Å². The molecule has 27 heavy (non-hydrogen) atoms. The van der Waals surface area contributed by atoms with Crippen molar-refractivity contribution in [2.75, 3.05) is 64.4 Å². The normalized spacial score (nSPS) is 24.5. The van der Waals surface area contributed by atoms with Gasteiger partial charge < -0.3 is 19.6 Å².